The lowest BCUT2D eigenvalue weighted by Crippen LogP contribution is -2.34. The van der Waals surface area contributed by atoms with E-state index in [0.29, 0.717) is 19.3 Å². The maximum atomic E-state index is 12.6. The molecule has 11 nitrogen and oxygen atoms in total. The number of carboxylic acid groups (broad SMARTS) is 1. The van der Waals surface area contributed by atoms with Crippen LogP contribution in [-0.4, -0.2) is 59.9 Å². The highest BCUT2D eigenvalue weighted by Gasteiger charge is 2.28. The van der Waals surface area contributed by atoms with Crippen LogP contribution in [0.3, 0.4) is 0 Å². The largest absolute Gasteiger partial charge is 0.480 e. The van der Waals surface area contributed by atoms with Crippen LogP contribution in [0.25, 0.3) is 0 Å². The number of phosphoric acid groups is 1. The van der Waals surface area contributed by atoms with Gasteiger partial charge >= 0.3 is 25.7 Å². The summed E-state index contributed by atoms with van der Waals surface area (Å²) in [5.41, 5.74) is 5.33. The van der Waals surface area contributed by atoms with Crippen molar-refractivity contribution >= 4 is 25.7 Å². The number of carbonyl (C=O) groups excluding carboxylic acids is 2. The Hall–Kier alpha value is -2.82. The first kappa shape index (κ1) is 55.2. The van der Waals surface area contributed by atoms with E-state index in [1.54, 1.807) is 0 Å². The van der Waals surface area contributed by atoms with Crippen LogP contribution in [0.2, 0.25) is 0 Å². The summed E-state index contributed by atoms with van der Waals surface area (Å²) >= 11 is 0. The van der Waals surface area contributed by atoms with Crippen molar-refractivity contribution in [3.05, 3.63) is 60.8 Å². The van der Waals surface area contributed by atoms with Crippen LogP contribution in [0.1, 0.15) is 181 Å². The second-order valence-corrected chi connectivity index (χ2v) is 16.3. The lowest BCUT2D eigenvalue weighted by atomic mass is 10.1. The molecule has 0 spiro atoms. The standard InChI is InChI=1S/C46H80NO10P/c1-3-5-7-9-11-13-15-17-19-21-23-25-27-29-31-33-35-37-44(48)54-39-42(40-55-58(52,53)56-41-43(47)46(50)51)57-45(49)38-36-34-32-30-28-26-24-22-20-18-16-14-12-10-8-6-4-2/h12,14,17-20,24,26,30,32,42-43H,3-11,13,15-16,21-23,25,27-29,31,33-41,47H2,1-2H3,(H,50,51)(H,52,53)/b14-12+,19-17+,20-18+,26-24+,32-30+/t42-,43+/m1/s1. The molecule has 0 aliphatic heterocycles. The van der Waals surface area contributed by atoms with Gasteiger partial charge in [-0.25, -0.2) is 4.57 Å². The summed E-state index contributed by atoms with van der Waals surface area (Å²) in [6.45, 7) is 2.71. The molecule has 0 saturated heterocycles. The minimum Gasteiger partial charge on any atom is -0.480 e. The van der Waals surface area contributed by atoms with Gasteiger partial charge in [-0.3, -0.25) is 23.4 Å². The Kier molecular flexibility index (Phi) is 38.9. The van der Waals surface area contributed by atoms with Gasteiger partial charge in [0.1, 0.15) is 12.6 Å². The predicted molar refractivity (Wildman–Crippen MR) is 235 cm³/mol. The number of esters is 2. The fourth-order valence-electron chi connectivity index (χ4n) is 5.70. The molecule has 0 aromatic carbocycles. The van der Waals surface area contributed by atoms with E-state index >= 15 is 0 Å². The zero-order valence-corrected chi connectivity index (χ0v) is 37.0. The van der Waals surface area contributed by atoms with Crippen LogP contribution in [0.4, 0.5) is 0 Å². The summed E-state index contributed by atoms with van der Waals surface area (Å²) in [6.07, 6.45) is 47.2. The second-order valence-electron chi connectivity index (χ2n) is 14.8. The van der Waals surface area contributed by atoms with Gasteiger partial charge in [0.2, 0.25) is 0 Å². The average Bonchev–Trinajstić information content (AvgIpc) is 3.20. The van der Waals surface area contributed by atoms with Crippen LogP contribution >= 0.6 is 7.82 Å². The minimum absolute atomic E-state index is 0.0825. The van der Waals surface area contributed by atoms with Gasteiger partial charge in [-0.1, -0.05) is 152 Å². The molecule has 0 aromatic rings. The Balaban J connectivity index is 4.45. The molecule has 0 saturated carbocycles. The summed E-state index contributed by atoms with van der Waals surface area (Å²) in [5.74, 6) is -2.46. The first-order valence-electron chi connectivity index (χ1n) is 22.3. The number of allylic oxidation sites excluding steroid dienone is 10. The molecule has 1 unspecified atom stereocenters. The topological polar surface area (TPSA) is 172 Å². The third-order valence-electron chi connectivity index (χ3n) is 9.24. The maximum Gasteiger partial charge on any atom is 0.472 e. The Morgan fingerprint density at radius 2 is 0.931 bits per heavy atom. The Labute approximate surface area is 351 Å². The van der Waals surface area contributed by atoms with Crippen molar-refractivity contribution in [3.63, 3.8) is 0 Å². The average molecular weight is 838 g/mol. The van der Waals surface area contributed by atoms with Gasteiger partial charge in [-0.2, -0.15) is 0 Å². The van der Waals surface area contributed by atoms with Gasteiger partial charge in [0.15, 0.2) is 6.10 Å². The highest BCUT2D eigenvalue weighted by molar-refractivity contribution is 7.47. The van der Waals surface area contributed by atoms with Crippen LogP contribution in [-0.2, 0) is 37.5 Å². The molecule has 3 atom stereocenters. The summed E-state index contributed by atoms with van der Waals surface area (Å²) in [6, 6.07) is -1.53. The third kappa shape index (κ3) is 40.0. The van der Waals surface area contributed by atoms with E-state index in [4.69, 9.17) is 24.8 Å². The van der Waals surface area contributed by atoms with Crippen molar-refractivity contribution in [2.24, 2.45) is 5.73 Å². The van der Waals surface area contributed by atoms with Gasteiger partial charge < -0.3 is 25.2 Å². The molecule has 334 valence electrons. The van der Waals surface area contributed by atoms with E-state index in [-0.39, 0.29) is 19.4 Å². The molecular weight excluding hydrogens is 757 g/mol. The third-order valence-corrected chi connectivity index (χ3v) is 10.2. The van der Waals surface area contributed by atoms with Crippen molar-refractivity contribution in [3.8, 4) is 0 Å². The SMILES string of the molecule is CCCCC/C=C/C/C=C/C/C=C/C/C=C/CCCC(=O)O[C@H](COC(=O)CCCCCCCCC/C=C/CCCCCCCC)COP(=O)(O)OC[C@H](N)C(=O)O. The number of unbranched alkanes of at least 4 members (excludes halogenated alkanes) is 17. The number of hydrogen-bond acceptors (Lipinski definition) is 9. The van der Waals surface area contributed by atoms with E-state index in [9.17, 15) is 23.8 Å². The number of nitrogens with two attached hydrogens (primary N) is 1. The molecule has 0 aliphatic rings. The molecule has 0 fully saturated rings. The number of carbonyl (C=O) groups is 3. The van der Waals surface area contributed by atoms with Gasteiger partial charge in [-0.05, 0) is 77.0 Å². The van der Waals surface area contributed by atoms with Crippen LogP contribution in [0.15, 0.2) is 60.8 Å². The highest BCUT2D eigenvalue weighted by atomic mass is 31.2. The molecule has 0 heterocycles. The van der Waals surface area contributed by atoms with Crippen molar-refractivity contribution in [1.29, 1.82) is 0 Å². The summed E-state index contributed by atoms with van der Waals surface area (Å²) in [5, 5.41) is 8.89. The number of carboxylic acids is 1. The molecule has 0 aromatic heterocycles. The van der Waals surface area contributed by atoms with Crippen molar-refractivity contribution < 1.29 is 47.5 Å². The van der Waals surface area contributed by atoms with Gasteiger partial charge in [0.05, 0.1) is 13.2 Å². The van der Waals surface area contributed by atoms with Crippen LogP contribution in [0.5, 0.6) is 0 Å². The molecule has 58 heavy (non-hydrogen) atoms. The predicted octanol–water partition coefficient (Wildman–Crippen LogP) is 12.0. The zero-order valence-electron chi connectivity index (χ0n) is 36.1. The molecule has 4 N–H and O–H groups in total. The first-order chi connectivity index (χ1) is 28.1. The summed E-state index contributed by atoms with van der Waals surface area (Å²) in [7, 11) is -4.73. The Morgan fingerprint density at radius 1 is 0.534 bits per heavy atom. The molecule has 0 aliphatic carbocycles. The van der Waals surface area contributed by atoms with E-state index in [1.165, 1.54) is 83.5 Å². The van der Waals surface area contributed by atoms with Gasteiger partial charge in [-0.15, -0.1) is 0 Å². The minimum atomic E-state index is -4.73. The molecule has 12 heteroatoms. The molecular formula is C46H80NO10P. The summed E-state index contributed by atoms with van der Waals surface area (Å²) < 4.78 is 32.6. The second kappa shape index (κ2) is 40.9. The van der Waals surface area contributed by atoms with Crippen LogP contribution < -0.4 is 5.73 Å². The molecule has 0 amide bonds. The lowest BCUT2D eigenvalue weighted by Gasteiger charge is -2.20. The molecule has 0 rings (SSSR count). The molecule has 0 radical (unpaired) electrons. The Morgan fingerprint density at radius 3 is 1.47 bits per heavy atom. The van der Waals surface area contributed by atoms with E-state index < -0.39 is 51.1 Å². The Bertz CT molecular complexity index is 1210. The highest BCUT2D eigenvalue weighted by Crippen LogP contribution is 2.43. The number of rotatable bonds is 41. The van der Waals surface area contributed by atoms with Gasteiger partial charge in [0.25, 0.3) is 0 Å². The number of ether oxygens (including phenoxy) is 2. The monoisotopic (exact) mass is 838 g/mol. The lowest BCUT2D eigenvalue weighted by molar-refractivity contribution is -0.161. The number of hydrogen-bond donors (Lipinski definition) is 3. The number of phosphoric ester groups is 1. The first-order valence-corrected chi connectivity index (χ1v) is 23.8. The quantitative estimate of drug-likeness (QED) is 0.0231. The smallest absolute Gasteiger partial charge is 0.472 e. The number of aliphatic carboxylic acids is 1. The molecule has 0 bridgehead atoms. The maximum absolute atomic E-state index is 12.6. The zero-order chi connectivity index (χ0) is 42.8. The van der Waals surface area contributed by atoms with Crippen molar-refractivity contribution in [1.82, 2.24) is 0 Å². The normalized spacial score (nSPS) is 14.3. The van der Waals surface area contributed by atoms with Crippen molar-refractivity contribution in [2.45, 2.75) is 193 Å². The summed E-state index contributed by atoms with van der Waals surface area (Å²) in [4.78, 5) is 46.0. The van der Waals surface area contributed by atoms with E-state index in [2.05, 4.69) is 67.0 Å². The van der Waals surface area contributed by atoms with Crippen LogP contribution in [0, 0.1) is 0 Å². The fourth-order valence-corrected chi connectivity index (χ4v) is 6.48. The fraction of sp³-hybridized carbons (Fsp3) is 0.717. The van der Waals surface area contributed by atoms with Gasteiger partial charge in [0, 0.05) is 12.8 Å². The van der Waals surface area contributed by atoms with E-state index in [1.807, 2.05) is 12.2 Å². The van der Waals surface area contributed by atoms with Crippen molar-refractivity contribution in [2.75, 3.05) is 19.8 Å². The van der Waals surface area contributed by atoms with E-state index in [0.717, 1.165) is 51.4 Å².